The Morgan fingerprint density at radius 1 is 0.614 bits per heavy atom. The molecule has 3 heteroatoms. The molecular weight excluding hydrogens is 655 g/mol. The molecule has 2 aromatic carbocycles. The first-order valence-corrected chi connectivity index (χ1v) is 16.8. The van der Waals surface area contributed by atoms with Gasteiger partial charge in [-0.25, -0.2) is 12.2 Å². The number of allylic oxidation sites excluding steroid dienone is 16. The molecule has 0 radical (unpaired) electrons. The van der Waals surface area contributed by atoms with Crippen molar-refractivity contribution in [2.75, 3.05) is 0 Å². The van der Waals surface area contributed by atoms with E-state index in [1.54, 1.807) is 27.4 Å². The van der Waals surface area contributed by atoms with Gasteiger partial charge in [0.25, 0.3) is 0 Å². The van der Waals surface area contributed by atoms with Gasteiger partial charge >= 0.3 is 112 Å². The van der Waals surface area contributed by atoms with Crippen LogP contribution in [0, 0.1) is 59.8 Å². The summed E-state index contributed by atoms with van der Waals surface area (Å²) in [5, 5.41) is 0. The Bertz CT molecular complexity index is 1390. The zero-order chi connectivity index (χ0) is 28.6. The normalized spacial score (nSPS) is 30.2. The minimum absolute atomic E-state index is 0. The van der Waals surface area contributed by atoms with Gasteiger partial charge in [-0.1, -0.05) is 72.8 Å². The van der Waals surface area contributed by atoms with Crippen molar-refractivity contribution < 1.29 is 49.0 Å². The molecule has 0 aromatic heterocycles. The SMILES string of the molecule is C1=CC2[CH-]C3C4C=CC=CC4C4C=CC=CC4C3C2C=C1.[C-]1=CC=CC1.[Cl-].[Cl-].[Zr+2]=[C](Cc1ccccc1)Cc1ccccc1. The second-order valence-electron chi connectivity index (χ2n) is 12.1. The van der Waals surface area contributed by atoms with Gasteiger partial charge in [-0.2, -0.15) is 12.0 Å². The van der Waals surface area contributed by atoms with E-state index in [1.807, 2.05) is 12.2 Å². The molecule has 6 aliphatic carbocycles. The number of benzene rings is 2. The molecule has 0 spiro atoms. The summed E-state index contributed by atoms with van der Waals surface area (Å²) >= 11 is 1.55. The molecule has 8 atom stereocenters. The maximum absolute atomic E-state index is 2.99. The summed E-state index contributed by atoms with van der Waals surface area (Å²) in [5.74, 6) is 5.66. The van der Waals surface area contributed by atoms with E-state index >= 15 is 0 Å². The molecule has 0 aliphatic heterocycles. The number of hydrogen-bond donors (Lipinski definition) is 0. The number of hydrogen-bond acceptors (Lipinski definition) is 0. The van der Waals surface area contributed by atoms with E-state index in [2.05, 4.69) is 152 Å². The Morgan fingerprint density at radius 2 is 1.11 bits per heavy atom. The van der Waals surface area contributed by atoms with E-state index in [4.69, 9.17) is 0 Å². The summed E-state index contributed by atoms with van der Waals surface area (Å²) in [4.78, 5) is 0. The average Bonchev–Trinajstić information content (AvgIpc) is 3.75. The fourth-order valence-electron chi connectivity index (χ4n) is 7.67. The van der Waals surface area contributed by atoms with Gasteiger partial charge in [0.05, 0.1) is 0 Å². The molecule has 0 bridgehead atoms. The summed E-state index contributed by atoms with van der Waals surface area (Å²) in [6, 6.07) is 21.4. The molecule has 0 saturated heterocycles. The van der Waals surface area contributed by atoms with Crippen molar-refractivity contribution in [1.29, 1.82) is 0 Å². The Morgan fingerprint density at radius 3 is 1.64 bits per heavy atom. The number of rotatable bonds is 4. The Hall–Kier alpha value is -2.31. The van der Waals surface area contributed by atoms with Crippen molar-refractivity contribution in [3.8, 4) is 0 Å². The molecule has 2 aromatic rings. The van der Waals surface area contributed by atoms with Gasteiger partial charge in [0.15, 0.2) is 0 Å². The van der Waals surface area contributed by atoms with Gasteiger partial charge in [0.2, 0.25) is 0 Å². The summed E-state index contributed by atoms with van der Waals surface area (Å²) < 4.78 is 1.60. The van der Waals surface area contributed by atoms with Crippen LogP contribution in [0.25, 0.3) is 0 Å². The Kier molecular flexibility index (Phi) is 13.7. The maximum atomic E-state index is 2.99. The van der Waals surface area contributed by atoms with Crippen molar-refractivity contribution in [1.82, 2.24) is 0 Å². The molecule has 0 N–H and O–H groups in total. The van der Waals surface area contributed by atoms with Crippen molar-refractivity contribution >= 4 is 3.21 Å². The van der Waals surface area contributed by atoms with Crippen molar-refractivity contribution in [2.24, 2.45) is 47.3 Å². The van der Waals surface area contributed by atoms with Crippen LogP contribution in [0.3, 0.4) is 0 Å². The van der Waals surface area contributed by atoms with Crippen LogP contribution in [0.15, 0.2) is 152 Å². The summed E-state index contributed by atoms with van der Waals surface area (Å²) in [6.45, 7) is 0. The fraction of sp³-hybridized carbons (Fsp3) is 0.268. The van der Waals surface area contributed by atoms with Crippen LogP contribution in [0.2, 0.25) is 0 Å². The Labute approximate surface area is 292 Å². The van der Waals surface area contributed by atoms with Crippen LogP contribution in [0.5, 0.6) is 0 Å². The fourth-order valence-corrected chi connectivity index (χ4v) is 8.67. The van der Waals surface area contributed by atoms with E-state index in [9.17, 15) is 0 Å². The van der Waals surface area contributed by atoms with Crippen molar-refractivity contribution in [3.63, 3.8) is 0 Å². The van der Waals surface area contributed by atoms with Gasteiger partial charge in [-0.05, 0) is 29.6 Å². The average molecular weight is 695 g/mol. The summed E-state index contributed by atoms with van der Waals surface area (Å²) in [6.07, 6.45) is 43.2. The van der Waals surface area contributed by atoms with E-state index in [-0.39, 0.29) is 24.8 Å². The molecule has 8 rings (SSSR count). The Balaban J connectivity index is 0.000000171. The molecule has 224 valence electrons. The van der Waals surface area contributed by atoms with Gasteiger partial charge in [0.1, 0.15) is 0 Å². The van der Waals surface area contributed by atoms with Crippen molar-refractivity contribution in [2.45, 2.75) is 19.3 Å². The first-order chi connectivity index (χ1) is 20.8. The molecule has 44 heavy (non-hydrogen) atoms. The van der Waals surface area contributed by atoms with Crippen LogP contribution in [0.4, 0.5) is 0 Å². The van der Waals surface area contributed by atoms with E-state index in [0.29, 0.717) is 35.5 Å². The van der Waals surface area contributed by atoms with Crippen LogP contribution in [-0.4, -0.2) is 3.21 Å². The van der Waals surface area contributed by atoms with E-state index in [1.165, 1.54) is 11.1 Å². The zero-order valence-electron chi connectivity index (χ0n) is 25.0. The van der Waals surface area contributed by atoms with Gasteiger partial charge in [0, 0.05) is 0 Å². The van der Waals surface area contributed by atoms with Crippen LogP contribution in [0.1, 0.15) is 17.5 Å². The van der Waals surface area contributed by atoms with Gasteiger partial charge in [-0.15, -0.1) is 18.4 Å². The second-order valence-corrected chi connectivity index (χ2v) is 13.8. The van der Waals surface area contributed by atoms with E-state index < -0.39 is 0 Å². The number of fused-ring (bicyclic) bond motifs is 8. The van der Waals surface area contributed by atoms with Gasteiger partial charge in [-0.3, -0.25) is 6.08 Å². The third-order valence-electron chi connectivity index (χ3n) is 9.44. The number of halogens is 2. The summed E-state index contributed by atoms with van der Waals surface area (Å²) in [7, 11) is 0. The van der Waals surface area contributed by atoms with Crippen LogP contribution < -0.4 is 24.8 Å². The molecule has 0 heterocycles. The third kappa shape index (κ3) is 8.48. The second kappa shape index (κ2) is 17.4. The molecule has 2 saturated carbocycles. The van der Waals surface area contributed by atoms with Gasteiger partial charge < -0.3 is 31.2 Å². The molecular formula is C41H40Cl2Zr-2. The predicted molar refractivity (Wildman–Crippen MR) is 174 cm³/mol. The monoisotopic (exact) mass is 692 g/mol. The van der Waals surface area contributed by atoms with E-state index in [0.717, 1.165) is 31.1 Å². The first-order valence-electron chi connectivity index (χ1n) is 15.5. The van der Waals surface area contributed by atoms with Crippen LogP contribution >= 0.6 is 0 Å². The molecule has 8 unspecified atom stereocenters. The molecule has 6 aliphatic rings. The minimum atomic E-state index is 0. The first kappa shape index (κ1) is 34.6. The quantitative estimate of drug-likeness (QED) is 0.433. The summed E-state index contributed by atoms with van der Waals surface area (Å²) in [5.41, 5.74) is 2.84. The van der Waals surface area contributed by atoms with Crippen LogP contribution in [-0.2, 0) is 37.1 Å². The molecule has 0 nitrogen and oxygen atoms in total. The zero-order valence-corrected chi connectivity index (χ0v) is 29.0. The standard InChI is InChI=1S/C21H21.C15H14.C5H5.2ClH.Zr/c1-2-8-15-14(7-1)13-20-18-11-4-3-9-16(18)17-10-5-6-12-19(17)21(15)20;1-3-8-14(9-4-1)12-7-13-15-10-5-2-6-11-15;1-2-4-5-3-1;;;/h1-21H;1-6,8-11H,12-13H2;1-3H,4H2;2*1H;/q-1;;-1;;;+2/p-2. The predicted octanol–water partition coefficient (Wildman–Crippen LogP) is 3.03. The van der Waals surface area contributed by atoms with Crippen molar-refractivity contribution in [3.05, 3.63) is 175 Å². The molecule has 0 amide bonds. The molecule has 2 fully saturated rings. The topological polar surface area (TPSA) is 0 Å². The third-order valence-corrected chi connectivity index (χ3v) is 10.3.